The summed E-state index contributed by atoms with van der Waals surface area (Å²) in [5, 5.41) is 8.27. The monoisotopic (exact) mass is 262 g/mol. The second kappa shape index (κ2) is 12.5. The van der Waals surface area contributed by atoms with Gasteiger partial charge in [-0.3, -0.25) is 0 Å². The summed E-state index contributed by atoms with van der Waals surface area (Å²) in [4.78, 5) is 0. The van der Waals surface area contributed by atoms with E-state index in [2.05, 4.69) is 3.32 Å². The molecule has 4 N–H and O–H groups in total. The van der Waals surface area contributed by atoms with Gasteiger partial charge in [-0.25, -0.2) is 0 Å². The standard InChI is InChI=1S/C4H9O2.C4H10O.3H2O.Ti/c5-3-1-2-4-6;1-3-5-4-2;;;;/h5H,1-4H2;3-4H2,1-2H3;3*1H2;/q-1;;;;;+4/p-3. The zero-order valence-electron chi connectivity index (χ0n) is 9.35. The van der Waals surface area contributed by atoms with Crippen LogP contribution in [0.15, 0.2) is 0 Å². The first-order valence-electron chi connectivity index (χ1n) is 4.97. The summed E-state index contributed by atoms with van der Waals surface area (Å²) in [5.74, 6) is 0. The Kier molecular flexibility index (Phi) is 14.9. The van der Waals surface area contributed by atoms with E-state index < -0.39 is 18.1 Å². The molecule has 0 aliphatic carbocycles. The van der Waals surface area contributed by atoms with Gasteiger partial charge in [0.15, 0.2) is 0 Å². The minimum atomic E-state index is -4.73. The molecule has 15 heavy (non-hydrogen) atoms. The van der Waals surface area contributed by atoms with E-state index in [9.17, 15) is 0 Å². The van der Waals surface area contributed by atoms with Crippen LogP contribution in [0.25, 0.3) is 0 Å². The Morgan fingerprint density at radius 1 is 1.00 bits per heavy atom. The van der Waals surface area contributed by atoms with E-state index in [4.69, 9.17) is 20.9 Å². The molecular formula is C8H22O6Ti. The van der Waals surface area contributed by atoms with Gasteiger partial charge >= 0.3 is 63.7 Å². The van der Waals surface area contributed by atoms with Crippen molar-refractivity contribution in [3.8, 4) is 0 Å². The van der Waals surface area contributed by atoms with Crippen LogP contribution in [-0.4, -0.2) is 42.6 Å². The molecule has 0 bridgehead atoms. The fourth-order valence-corrected chi connectivity index (χ4v) is 1.28. The molecule has 0 saturated carbocycles. The average molecular weight is 262 g/mol. The summed E-state index contributed by atoms with van der Waals surface area (Å²) in [6.45, 7) is 5.80. The number of rotatable bonds is 7. The van der Waals surface area contributed by atoms with E-state index in [-0.39, 0.29) is 13.2 Å². The first-order chi connectivity index (χ1) is 6.97. The first kappa shape index (κ1) is 17.9. The third-order valence-corrected chi connectivity index (χ3v) is 2.18. The Morgan fingerprint density at radius 2 is 1.53 bits per heavy atom. The normalized spacial score (nSPS) is 10.8. The van der Waals surface area contributed by atoms with Gasteiger partial charge in [-0.15, -0.1) is 0 Å². The van der Waals surface area contributed by atoms with Gasteiger partial charge in [0.05, 0.1) is 0 Å². The maximum absolute atomic E-state index is 8.33. The number of ether oxygens (including phenoxy) is 1. The van der Waals surface area contributed by atoms with Crippen molar-refractivity contribution in [2.75, 3.05) is 26.4 Å². The van der Waals surface area contributed by atoms with Gasteiger partial charge in [0.1, 0.15) is 0 Å². The van der Waals surface area contributed by atoms with E-state index in [1.165, 1.54) is 0 Å². The number of aliphatic hydroxyl groups excluding tert-OH is 1. The Balaban J connectivity index is 0. The van der Waals surface area contributed by atoms with Gasteiger partial charge in [-0.05, 0) is 13.8 Å². The fourth-order valence-electron chi connectivity index (χ4n) is 0.627. The SMILES string of the molecule is CCOCC.OCCCC[O][Ti]([OH])([OH])[OH]. The zero-order chi connectivity index (χ0) is 12.2. The summed E-state index contributed by atoms with van der Waals surface area (Å²) in [7, 11) is 0. The van der Waals surface area contributed by atoms with Gasteiger partial charge < -0.3 is 4.74 Å². The maximum atomic E-state index is 8.33. The van der Waals surface area contributed by atoms with Crippen LogP contribution in [0, 0.1) is 0 Å². The number of unbranched alkanes of at least 4 members (excludes halogenated alkanes) is 1. The van der Waals surface area contributed by atoms with E-state index >= 15 is 0 Å². The second-order valence-corrected chi connectivity index (χ2v) is 4.88. The van der Waals surface area contributed by atoms with Crippen molar-refractivity contribution in [2.24, 2.45) is 0 Å². The van der Waals surface area contributed by atoms with Crippen LogP contribution in [0.2, 0.25) is 0 Å². The second-order valence-electron chi connectivity index (χ2n) is 2.63. The molecule has 0 aromatic rings. The number of hydrogen-bond donors (Lipinski definition) is 4. The molecule has 0 aromatic carbocycles. The summed E-state index contributed by atoms with van der Waals surface area (Å²) < 4.78 is 34.1. The molecule has 0 atom stereocenters. The van der Waals surface area contributed by atoms with Gasteiger partial charge in [-0.2, -0.15) is 0 Å². The van der Waals surface area contributed by atoms with Crippen LogP contribution in [-0.2, 0) is 26.2 Å². The molecule has 7 heteroatoms. The first-order valence-corrected chi connectivity index (χ1v) is 7.70. The molecule has 0 amide bonds. The van der Waals surface area contributed by atoms with E-state index in [1.54, 1.807) is 0 Å². The molecule has 0 unspecified atom stereocenters. The molecule has 0 heterocycles. The van der Waals surface area contributed by atoms with E-state index in [0.29, 0.717) is 12.8 Å². The van der Waals surface area contributed by atoms with E-state index in [1.807, 2.05) is 13.8 Å². The van der Waals surface area contributed by atoms with Crippen molar-refractivity contribution in [3.05, 3.63) is 0 Å². The molecular weight excluding hydrogens is 240 g/mol. The fraction of sp³-hybridized carbons (Fsp3) is 1.00. The molecule has 0 radical (unpaired) electrons. The quantitative estimate of drug-likeness (QED) is 0.368. The van der Waals surface area contributed by atoms with Crippen molar-refractivity contribution in [1.29, 1.82) is 0 Å². The van der Waals surface area contributed by atoms with Crippen LogP contribution < -0.4 is 0 Å². The van der Waals surface area contributed by atoms with E-state index in [0.717, 1.165) is 13.2 Å². The summed E-state index contributed by atoms with van der Waals surface area (Å²) in [5.41, 5.74) is 0. The Hall–Kier alpha value is 0.474. The molecule has 0 spiro atoms. The van der Waals surface area contributed by atoms with Gasteiger partial charge in [0, 0.05) is 13.2 Å². The molecule has 0 aromatic heterocycles. The summed E-state index contributed by atoms with van der Waals surface area (Å²) in [6, 6.07) is 0. The molecule has 0 rings (SSSR count). The van der Waals surface area contributed by atoms with Gasteiger partial charge in [0.25, 0.3) is 0 Å². The predicted molar refractivity (Wildman–Crippen MR) is 51.1 cm³/mol. The Labute approximate surface area is 95.7 Å². The Morgan fingerprint density at radius 3 is 1.80 bits per heavy atom. The molecule has 6 nitrogen and oxygen atoms in total. The van der Waals surface area contributed by atoms with Crippen molar-refractivity contribution >= 4 is 0 Å². The van der Waals surface area contributed by atoms with Crippen LogP contribution >= 0.6 is 0 Å². The third-order valence-electron chi connectivity index (χ3n) is 1.26. The molecule has 94 valence electrons. The van der Waals surface area contributed by atoms with Crippen molar-refractivity contribution in [1.82, 2.24) is 0 Å². The third kappa shape index (κ3) is 25.1. The summed E-state index contributed by atoms with van der Waals surface area (Å²) >= 11 is -4.73. The molecule has 0 aliphatic heterocycles. The average Bonchev–Trinajstić information content (AvgIpc) is 2.13. The van der Waals surface area contributed by atoms with Crippen LogP contribution in [0.5, 0.6) is 0 Å². The van der Waals surface area contributed by atoms with Crippen LogP contribution in [0.1, 0.15) is 26.7 Å². The van der Waals surface area contributed by atoms with Gasteiger partial charge in [-0.1, -0.05) is 0 Å². The molecule has 0 fully saturated rings. The number of hydrogen-bond acceptors (Lipinski definition) is 6. The van der Waals surface area contributed by atoms with Crippen LogP contribution in [0.4, 0.5) is 0 Å². The molecule has 0 aliphatic rings. The zero-order valence-corrected chi connectivity index (χ0v) is 10.9. The van der Waals surface area contributed by atoms with Crippen molar-refractivity contribution in [2.45, 2.75) is 26.7 Å². The minimum absolute atomic E-state index is 0.0473. The van der Waals surface area contributed by atoms with Gasteiger partial charge in [0.2, 0.25) is 0 Å². The number of aliphatic hydroxyl groups is 1. The topological polar surface area (TPSA) is 99.4 Å². The van der Waals surface area contributed by atoms with Crippen molar-refractivity contribution in [3.63, 3.8) is 0 Å². The summed E-state index contributed by atoms with van der Waals surface area (Å²) in [6.07, 6.45) is 1.06. The predicted octanol–water partition coefficient (Wildman–Crippen LogP) is -0.391. The van der Waals surface area contributed by atoms with Crippen LogP contribution in [0.3, 0.4) is 0 Å². The Bertz CT molecular complexity index is 114. The van der Waals surface area contributed by atoms with Crippen molar-refractivity contribution < 1.29 is 42.4 Å². The molecule has 0 saturated heterocycles.